The van der Waals surface area contributed by atoms with Gasteiger partial charge in [0.2, 0.25) is 0 Å². The summed E-state index contributed by atoms with van der Waals surface area (Å²) in [5.74, 6) is -0.895. The predicted molar refractivity (Wildman–Crippen MR) is 348 cm³/mol. The average Bonchev–Trinajstić information content (AvgIpc) is 3.46. The fraction of sp³-hybridized carbons (Fsp3) is 0.770. The Hall–Kier alpha value is -3.41. The largest absolute Gasteiger partial charge is 0.462 e. The topological polar surface area (TPSA) is 78.9 Å². The first-order chi connectivity index (χ1) is 39.5. The number of carbonyl (C=O) groups is 3. The molecule has 0 rings (SSSR count). The van der Waals surface area contributed by atoms with E-state index < -0.39 is 6.10 Å². The van der Waals surface area contributed by atoms with Crippen LogP contribution < -0.4 is 0 Å². The van der Waals surface area contributed by atoms with Crippen molar-refractivity contribution in [3.63, 3.8) is 0 Å². The zero-order chi connectivity index (χ0) is 57.8. The Morgan fingerprint density at radius 3 is 0.762 bits per heavy atom. The summed E-state index contributed by atoms with van der Waals surface area (Å²) in [7, 11) is 0. The lowest BCUT2D eigenvalue weighted by molar-refractivity contribution is -0.167. The molecule has 0 aromatic rings. The summed E-state index contributed by atoms with van der Waals surface area (Å²) in [6.07, 6.45) is 90.3. The van der Waals surface area contributed by atoms with Crippen molar-refractivity contribution in [2.75, 3.05) is 13.2 Å². The maximum absolute atomic E-state index is 13.0. The van der Waals surface area contributed by atoms with Crippen molar-refractivity contribution in [1.29, 1.82) is 0 Å². The minimum Gasteiger partial charge on any atom is -0.462 e. The molecule has 6 nitrogen and oxygen atoms in total. The van der Waals surface area contributed by atoms with Gasteiger partial charge >= 0.3 is 17.9 Å². The van der Waals surface area contributed by atoms with Crippen molar-refractivity contribution in [1.82, 2.24) is 0 Å². The Bertz CT molecular complexity index is 1520. The van der Waals surface area contributed by atoms with Gasteiger partial charge in [0, 0.05) is 19.3 Å². The summed E-state index contributed by atoms with van der Waals surface area (Å²) in [5, 5.41) is 0. The van der Waals surface area contributed by atoms with Gasteiger partial charge in [0.05, 0.1) is 0 Å². The SMILES string of the molecule is CC/C=C\C/C=C\C/C=C\C/C=C\C/C=C\C/C=C\C/C=C\CCCCCC(=O)OCC(COC(=O)CCCCCCCCCCCCCCCCCCC)OC(=O)CCCCCCCCCCCCCCCCCCCCCC. The molecule has 0 heterocycles. The fourth-order valence-corrected chi connectivity index (χ4v) is 10.0. The molecule has 0 radical (unpaired) electrons. The molecule has 1 atom stereocenters. The Labute approximate surface area is 496 Å². The van der Waals surface area contributed by atoms with Crippen LogP contribution in [0.25, 0.3) is 0 Å². The Morgan fingerprint density at radius 2 is 0.487 bits per heavy atom. The van der Waals surface area contributed by atoms with Crippen molar-refractivity contribution in [2.45, 2.75) is 354 Å². The number of ether oxygens (including phenoxy) is 3. The standard InChI is InChI=1S/C74H130O6/c1-4-7-10-13-16-19-22-25-28-31-33-35-36-37-38-39-41-43-46-49-52-55-58-61-64-67-73(76)79-70-71(69-78-72(75)66-63-60-57-54-51-48-45-42-30-27-24-21-18-15-12-9-6-3)80-74(77)68-65-62-59-56-53-50-47-44-40-34-32-29-26-23-20-17-14-11-8-5-2/h7,10,16,19,25,28,33,35,37-38,41,43,49,52,71H,4-6,8-9,11-15,17-18,20-24,26-27,29-32,34,36,39-40,42,44-48,50-51,53-70H2,1-3H3/b10-7-,19-16-,28-25-,35-33-,38-37-,43-41-,52-49-. The highest BCUT2D eigenvalue weighted by molar-refractivity contribution is 5.71. The summed E-state index contributed by atoms with van der Waals surface area (Å²) in [4.78, 5) is 38.4. The molecule has 0 saturated carbocycles. The molecule has 0 saturated heterocycles. The van der Waals surface area contributed by atoms with E-state index in [-0.39, 0.29) is 31.1 Å². The molecule has 80 heavy (non-hydrogen) atoms. The van der Waals surface area contributed by atoms with Gasteiger partial charge in [-0.25, -0.2) is 0 Å². The van der Waals surface area contributed by atoms with E-state index in [1.54, 1.807) is 0 Å². The number of carbonyl (C=O) groups excluding carboxylic acids is 3. The third kappa shape index (κ3) is 65.4. The smallest absolute Gasteiger partial charge is 0.306 e. The molecule has 6 heteroatoms. The van der Waals surface area contributed by atoms with E-state index in [1.165, 1.54) is 199 Å². The predicted octanol–water partition coefficient (Wildman–Crippen LogP) is 23.8. The minimum absolute atomic E-state index is 0.0824. The van der Waals surface area contributed by atoms with Gasteiger partial charge in [0.1, 0.15) is 13.2 Å². The number of allylic oxidation sites excluding steroid dienone is 14. The molecule has 0 aromatic heterocycles. The molecule has 0 aliphatic heterocycles. The van der Waals surface area contributed by atoms with Gasteiger partial charge in [-0.05, 0) is 77.0 Å². The lowest BCUT2D eigenvalue weighted by Gasteiger charge is -2.18. The van der Waals surface area contributed by atoms with Gasteiger partial charge in [-0.1, -0.05) is 337 Å². The maximum Gasteiger partial charge on any atom is 0.306 e. The number of hydrogen-bond acceptors (Lipinski definition) is 6. The molecule has 0 aromatic carbocycles. The van der Waals surface area contributed by atoms with Crippen molar-refractivity contribution in [3.05, 3.63) is 85.1 Å². The van der Waals surface area contributed by atoms with Crippen LogP contribution in [0, 0.1) is 0 Å². The van der Waals surface area contributed by atoms with E-state index in [1.807, 2.05) is 0 Å². The molecule has 0 bridgehead atoms. The van der Waals surface area contributed by atoms with Gasteiger partial charge in [-0.2, -0.15) is 0 Å². The molecular weight excluding hydrogens is 985 g/mol. The summed E-state index contributed by atoms with van der Waals surface area (Å²) in [5.41, 5.74) is 0. The molecule has 462 valence electrons. The third-order valence-electron chi connectivity index (χ3n) is 15.2. The Balaban J connectivity index is 4.41. The van der Waals surface area contributed by atoms with Crippen LogP contribution in [-0.2, 0) is 28.6 Å². The van der Waals surface area contributed by atoms with E-state index in [0.29, 0.717) is 19.3 Å². The molecule has 0 spiro atoms. The van der Waals surface area contributed by atoms with Crippen molar-refractivity contribution in [2.24, 2.45) is 0 Å². The summed E-state index contributed by atoms with van der Waals surface area (Å²) in [6, 6.07) is 0. The second-order valence-electron chi connectivity index (χ2n) is 23.1. The number of esters is 3. The zero-order valence-electron chi connectivity index (χ0n) is 53.1. The third-order valence-corrected chi connectivity index (χ3v) is 15.2. The first-order valence-corrected chi connectivity index (χ1v) is 34.6. The highest BCUT2D eigenvalue weighted by atomic mass is 16.6. The number of hydrogen-bond donors (Lipinski definition) is 0. The average molecular weight is 1120 g/mol. The quantitative estimate of drug-likeness (QED) is 0.0261. The summed E-state index contributed by atoms with van der Waals surface area (Å²) >= 11 is 0. The van der Waals surface area contributed by atoms with E-state index >= 15 is 0 Å². The van der Waals surface area contributed by atoms with Crippen molar-refractivity contribution in [3.8, 4) is 0 Å². The second-order valence-corrected chi connectivity index (χ2v) is 23.1. The molecular formula is C74H130O6. The molecule has 0 fully saturated rings. The van der Waals surface area contributed by atoms with Crippen LogP contribution >= 0.6 is 0 Å². The van der Waals surface area contributed by atoms with E-state index in [2.05, 4.69) is 106 Å². The summed E-state index contributed by atoms with van der Waals surface area (Å²) < 4.78 is 17.0. The van der Waals surface area contributed by atoms with Gasteiger partial charge < -0.3 is 14.2 Å². The molecule has 1 unspecified atom stereocenters. The van der Waals surface area contributed by atoms with Crippen LogP contribution in [-0.4, -0.2) is 37.2 Å². The van der Waals surface area contributed by atoms with E-state index in [9.17, 15) is 14.4 Å². The van der Waals surface area contributed by atoms with Crippen LogP contribution in [0.15, 0.2) is 85.1 Å². The van der Waals surface area contributed by atoms with Crippen molar-refractivity contribution < 1.29 is 28.6 Å². The fourth-order valence-electron chi connectivity index (χ4n) is 10.0. The van der Waals surface area contributed by atoms with Gasteiger partial charge in [0.15, 0.2) is 6.10 Å². The first kappa shape index (κ1) is 76.6. The van der Waals surface area contributed by atoms with E-state index in [4.69, 9.17) is 14.2 Å². The number of rotatable bonds is 63. The van der Waals surface area contributed by atoms with Gasteiger partial charge in [-0.3, -0.25) is 14.4 Å². The normalized spacial score (nSPS) is 12.6. The maximum atomic E-state index is 13.0. The Morgan fingerprint density at radius 1 is 0.263 bits per heavy atom. The van der Waals surface area contributed by atoms with Crippen LogP contribution in [0.1, 0.15) is 348 Å². The summed E-state index contributed by atoms with van der Waals surface area (Å²) in [6.45, 7) is 6.56. The number of unbranched alkanes of at least 4 members (excludes halogenated alkanes) is 38. The highest BCUT2D eigenvalue weighted by Gasteiger charge is 2.19. The van der Waals surface area contributed by atoms with E-state index in [0.717, 1.165) is 109 Å². The zero-order valence-corrected chi connectivity index (χ0v) is 53.1. The minimum atomic E-state index is -0.789. The lowest BCUT2D eigenvalue weighted by atomic mass is 10.0. The van der Waals surface area contributed by atoms with Crippen LogP contribution in [0.5, 0.6) is 0 Å². The molecule has 0 aliphatic rings. The second kappa shape index (κ2) is 68.1. The molecule has 0 N–H and O–H groups in total. The Kier molecular flexibility index (Phi) is 65.2. The molecule has 0 amide bonds. The van der Waals surface area contributed by atoms with Crippen LogP contribution in [0.4, 0.5) is 0 Å². The highest BCUT2D eigenvalue weighted by Crippen LogP contribution is 2.18. The van der Waals surface area contributed by atoms with Gasteiger partial charge in [0.25, 0.3) is 0 Å². The van der Waals surface area contributed by atoms with Crippen molar-refractivity contribution >= 4 is 17.9 Å². The molecule has 0 aliphatic carbocycles. The monoisotopic (exact) mass is 1110 g/mol. The van der Waals surface area contributed by atoms with Crippen LogP contribution in [0.3, 0.4) is 0 Å². The van der Waals surface area contributed by atoms with Crippen LogP contribution in [0.2, 0.25) is 0 Å². The lowest BCUT2D eigenvalue weighted by Crippen LogP contribution is -2.30. The van der Waals surface area contributed by atoms with Gasteiger partial charge in [-0.15, -0.1) is 0 Å². The first-order valence-electron chi connectivity index (χ1n) is 34.6.